The third kappa shape index (κ3) is 9.23. The van der Waals surface area contributed by atoms with E-state index in [9.17, 15) is 0 Å². The zero-order chi connectivity index (χ0) is 32.8. The molecule has 2 heterocycles. The van der Waals surface area contributed by atoms with Gasteiger partial charge >= 0.3 is 0 Å². The van der Waals surface area contributed by atoms with Crippen LogP contribution in [0.25, 0.3) is 52.3 Å². The molecule has 0 fully saturated rings. The van der Waals surface area contributed by atoms with Gasteiger partial charge in [0.05, 0.1) is 60.1 Å². The van der Waals surface area contributed by atoms with Gasteiger partial charge in [-0.15, -0.1) is 22.7 Å². The molecule has 47 heavy (non-hydrogen) atoms. The lowest BCUT2D eigenvalue weighted by Gasteiger charge is -2.07. The van der Waals surface area contributed by atoms with Crippen LogP contribution in [0.15, 0.2) is 72.8 Å². The summed E-state index contributed by atoms with van der Waals surface area (Å²) in [4.78, 5) is 9.91. The van der Waals surface area contributed by atoms with Crippen LogP contribution < -0.4 is 9.47 Å². The average molecular weight is 677 g/mol. The zero-order valence-corrected chi connectivity index (χ0v) is 28.8. The van der Waals surface area contributed by atoms with E-state index in [1.165, 1.54) is 20.2 Å². The summed E-state index contributed by atoms with van der Waals surface area (Å²) in [5.41, 5.74) is 4.12. The van der Waals surface area contributed by atoms with Gasteiger partial charge in [-0.3, -0.25) is 0 Å². The Hall–Kier alpha value is -3.68. The number of rotatable bonds is 16. The minimum absolute atomic E-state index is 0.496. The number of hydrogen-bond acceptors (Lipinski definition) is 11. The number of aromatic nitrogens is 2. The Bertz CT molecular complexity index is 1690. The van der Waals surface area contributed by atoms with Crippen LogP contribution in [-0.4, -0.2) is 91.3 Å². The lowest BCUT2D eigenvalue weighted by Crippen LogP contribution is -2.09. The maximum absolute atomic E-state index is 5.80. The number of methoxy groups -OCH3 is 3. The number of hydrogen-bond donors (Lipinski definition) is 0. The van der Waals surface area contributed by atoms with Crippen LogP contribution in [0.2, 0.25) is 0 Å². The molecule has 0 N–H and O–H groups in total. The molecule has 0 aliphatic heterocycles. The molecule has 6 rings (SSSR count). The second kappa shape index (κ2) is 18.0. The van der Waals surface area contributed by atoms with Crippen molar-refractivity contribution in [2.24, 2.45) is 0 Å². The molecule has 9 nitrogen and oxygen atoms in total. The summed E-state index contributed by atoms with van der Waals surface area (Å²) in [6, 6.07) is 24.7. The van der Waals surface area contributed by atoms with E-state index in [1.54, 1.807) is 51.1 Å². The van der Waals surface area contributed by atoms with E-state index < -0.39 is 0 Å². The highest BCUT2D eigenvalue weighted by atomic mass is 32.1. The van der Waals surface area contributed by atoms with Crippen molar-refractivity contribution < 1.29 is 33.2 Å². The predicted molar refractivity (Wildman–Crippen MR) is 190 cm³/mol. The fourth-order valence-corrected chi connectivity index (χ4v) is 6.93. The molecule has 248 valence electrons. The van der Waals surface area contributed by atoms with Crippen molar-refractivity contribution in [3.8, 4) is 32.6 Å². The van der Waals surface area contributed by atoms with Crippen LogP contribution >= 0.6 is 22.7 Å². The van der Waals surface area contributed by atoms with Crippen LogP contribution in [0.4, 0.5) is 0 Å². The molecule has 11 heteroatoms. The zero-order valence-electron chi connectivity index (χ0n) is 27.2. The number of benzene rings is 4. The van der Waals surface area contributed by atoms with Crippen LogP contribution in [0, 0.1) is 0 Å². The smallest absolute Gasteiger partial charge is 0.124 e. The fraction of sp³-hybridized carbons (Fsp3) is 0.333. The van der Waals surface area contributed by atoms with E-state index in [1.807, 2.05) is 24.3 Å². The Morgan fingerprint density at radius 3 is 1.23 bits per heavy atom. The van der Waals surface area contributed by atoms with E-state index in [0.717, 1.165) is 43.7 Å². The maximum Gasteiger partial charge on any atom is 0.124 e. The predicted octanol–water partition coefficient (Wildman–Crippen LogP) is 7.74. The van der Waals surface area contributed by atoms with Crippen molar-refractivity contribution in [3.63, 3.8) is 0 Å². The molecule has 0 bridgehead atoms. The van der Waals surface area contributed by atoms with Crippen molar-refractivity contribution in [3.05, 3.63) is 72.8 Å². The van der Waals surface area contributed by atoms with E-state index in [2.05, 4.69) is 53.3 Å². The topological polar surface area (TPSA) is 90.4 Å². The second-order valence-corrected chi connectivity index (χ2v) is 12.3. The summed E-state index contributed by atoms with van der Waals surface area (Å²) in [7, 11) is 6.57. The molecule has 0 spiro atoms. The molecule has 0 amide bonds. The van der Waals surface area contributed by atoms with Gasteiger partial charge < -0.3 is 33.2 Å². The van der Waals surface area contributed by atoms with Crippen molar-refractivity contribution in [2.45, 2.75) is 0 Å². The molecular weight excluding hydrogens is 637 g/mol. The molecule has 6 aromatic rings. The van der Waals surface area contributed by atoms with Gasteiger partial charge in [-0.1, -0.05) is 12.1 Å². The summed E-state index contributed by atoms with van der Waals surface area (Å²) in [5, 5.41) is 4.35. The van der Waals surface area contributed by atoms with Gasteiger partial charge in [0.25, 0.3) is 0 Å². The van der Waals surface area contributed by atoms with Crippen LogP contribution in [0.3, 0.4) is 0 Å². The average Bonchev–Trinajstić information content (AvgIpc) is 3.74. The first kappa shape index (κ1) is 34.6. The number of fused-ring (bicyclic) bond motifs is 5. The molecule has 2 aromatic heterocycles. The monoisotopic (exact) mass is 676 g/mol. The van der Waals surface area contributed by atoms with Crippen LogP contribution in [0.1, 0.15) is 0 Å². The van der Waals surface area contributed by atoms with E-state index in [4.69, 9.17) is 38.4 Å². The fourth-order valence-electron chi connectivity index (χ4n) is 4.74. The van der Waals surface area contributed by atoms with Gasteiger partial charge in [0, 0.05) is 50.3 Å². The maximum atomic E-state index is 5.80. The number of ether oxygens (including phenoxy) is 7. The van der Waals surface area contributed by atoms with Crippen LogP contribution in [0.5, 0.6) is 11.5 Å². The highest BCUT2D eigenvalue weighted by molar-refractivity contribution is 7.23. The van der Waals surface area contributed by atoms with Gasteiger partial charge in [0.2, 0.25) is 0 Å². The summed E-state index contributed by atoms with van der Waals surface area (Å²) >= 11 is 3.42. The summed E-state index contributed by atoms with van der Waals surface area (Å²) in [5.74, 6) is 1.62. The summed E-state index contributed by atoms with van der Waals surface area (Å²) in [6.07, 6.45) is 0. The normalized spacial score (nSPS) is 11.2. The quantitative estimate of drug-likeness (QED) is 0.0955. The molecule has 0 saturated heterocycles. The number of thiazole rings is 2. The van der Waals surface area contributed by atoms with E-state index in [-0.39, 0.29) is 0 Å². The van der Waals surface area contributed by atoms with Gasteiger partial charge in [-0.25, -0.2) is 9.97 Å². The van der Waals surface area contributed by atoms with Gasteiger partial charge in [-0.2, -0.15) is 0 Å². The SMILES string of the molecule is COC.COCCOCCOc1ccc(-c2nc3ccc4c(ccc5nc(-c6ccc(OCCOCCOC)cc6)sc54)c3s2)cc1. The second-order valence-electron chi connectivity index (χ2n) is 10.3. The Morgan fingerprint density at radius 1 is 0.468 bits per heavy atom. The molecular formula is C36H40N2O7S2. The van der Waals surface area contributed by atoms with E-state index in [0.29, 0.717) is 52.9 Å². The van der Waals surface area contributed by atoms with Crippen molar-refractivity contribution in [1.29, 1.82) is 0 Å². The first-order chi connectivity index (χ1) is 23.1. The lowest BCUT2D eigenvalue weighted by atomic mass is 10.1. The van der Waals surface area contributed by atoms with Crippen LogP contribution in [-0.2, 0) is 23.7 Å². The highest BCUT2D eigenvalue weighted by Gasteiger charge is 2.14. The summed E-state index contributed by atoms with van der Waals surface area (Å²) in [6.45, 7) is 4.35. The summed E-state index contributed by atoms with van der Waals surface area (Å²) < 4.78 is 39.1. The molecule has 0 unspecified atom stereocenters. The number of nitrogens with zero attached hydrogens (tertiary/aromatic N) is 2. The Morgan fingerprint density at radius 2 is 0.851 bits per heavy atom. The third-order valence-corrected chi connectivity index (χ3v) is 9.27. The first-order valence-corrected chi connectivity index (χ1v) is 16.9. The Labute approximate surface area is 282 Å². The van der Waals surface area contributed by atoms with Crippen molar-refractivity contribution in [2.75, 3.05) is 81.3 Å². The van der Waals surface area contributed by atoms with Crippen molar-refractivity contribution >= 4 is 53.9 Å². The largest absolute Gasteiger partial charge is 0.491 e. The highest BCUT2D eigenvalue weighted by Crippen LogP contribution is 2.40. The first-order valence-electron chi connectivity index (χ1n) is 15.3. The minimum Gasteiger partial charge on any atom is -0.491 e. The molecule has 0 radical (unpaired) electrons. The Balaban J connectivity index is 0.00000139. The van der Waals surface area contributed by atoms with Gasteiger partial charge in [0.1, 0.15) is 34.7 Å². The molecule has 0 saturated carbocycles. The Kier molecular flexibility index (Phi) is 13.3. The molecule has 4 aromatic carbocycles. The van der Waals surface area contributed by atoms with E-state index >= 15 is 0 Å². The van der Waals surface area contributed by atoms with Crippen molar-refractivity contribution in [1.82, 2.24) is 9.97 Å². The lowest BCUT2D eigenvalue weighted by molar-refractivity contribution is 0.0544. The van der Waals surface area contributed by atoms with Gasteiger partial charge in [0.15, 0.2) is 0 Å². The minimum atomic E-state index is 0.496. The third-order valence-electron chi connectivity index (χ3n) is 6.96. The standard InChI is InChI=1S/C34H34N2O6S2.C2H6O/c1-37-15-17-39-19-21-41-25-7-3-23(4-8-25)33-35-29-13-11-28-27(31(29)43-33)12-14-30-32(28)44-34(36-30)24-5-9-26(10-6-24)42-22-20-40-18-16-38-2;1-3-2/h3-14H,15-22H2,1-2H3;1-2H3. The van der Waals surface area contributed by atoms with Gasteiger partial charge in [-0.05, 0) is 60.7 Å². The molecule has 0 aliphatic carbocycles. The molecule has 0 atom stereocenters. The molecule has 0 aliphatic rings.